The molecule has 0 aliphatic carbocycles. The van der Waals surface area contributed by atoms with Gasteiger partial charge in [-0.15, -0.1) is 0 Å². The van der Waals surface area contributed by atoms with Crippen LogP contribution in [0.15, 0.2) is 82.0 Å². The quantitative estimate of drug-likeness (QED) is 0.375. The largest absolute Gasteiger partial charge is 0.471 e. The number of esters is 1. The molecule has 0 fully saturated rings. The van der Waals surface area contributed by atoms with Crippen LogP contribution in [-0.2, 0) is 16.1 Å². The SMILES string of the molecule is Cc1ccc(-c2oc3cc(C)ccc3c(=O)c2OC(C)C(=O)OCc2ccccc2)cc1. The predicted molar refractivity (Wildman–Crippen MR) is 124 cm³/mol. The molecule has 0 saturated carbocycles. The summed E-state index contributed by atoms with van der Waals surface area (Å²) in [6.45, 7) is 5.60. The third kappa shape index (κ3) is 4.57. The van der Waals surface area contributed by atoms with Crippen LogP contribution in [-0.4, -0.2) is 12.1 Å². The number of fused-ring (bicyclic) bond motifs is 1. The van der Waals surface area contributed by atoms with Crippen molar-refractivity contribution in [2.75, 3.05) is 0 Å². The molecule has 1 unspecified atom stereocenters. The van der Waals surface area contributed by atoms with E-state index in [1.165, 1.54) is 0 Å². The molecular formula is C27H24O5. The monoisotopic (exact) mass is 428 g/mol. The average Bonchev–Trinajstić information content (AvgIpc) is 2.80. The van der Waals surface area contributed by atoms with Gasteiger partial charge in [-0.05, 0) is 44.0 Å². The lowest BCUT2D eigenvalue weighted by Gasteiger charge is -2.16. The lowest BCUT2D eigenvalue weighted by molar-refractivity contribution is -0.152. The number of hydrogen-bond acceptors (Lipinski definition) is 5. The Balaban J connectivity index is 1.68. The van der Waals surface area contributed by atoms with Crippen LogP contribution in [0.5, 0.6) is 5.75 Å². The van der Waals surface area contributed by atoms with Crippen molar-refractivity contribution in [2.45, 2.75) is 33.5 Å². The van der Waals surface area contributed by atoms with E-state index < -0.39 is 12.1 Å². The summed E-state index contributed by atoms with van der Waals surface area (Å²) in [6, 6.07) is 22.3. The molecule has 1 aromatic heterocycles. The summed E-state index contributed by atoms with van der Waals surface area (Å²) in [5.74, 6) is -0.280. The highest BCUT2D eigenvalue weighted by Gasteiger charge is 2.24. The molecule has 5 heteroatoms. The lowest BCUT2D eigenvalue weighted by atomic mass is 10.1. The van der Waals surface area contributed by atoms with Crippen LogP contribution >= 0.6 is 0 Å². The molecule has 0 radical (unpaired) electrons. The van der Waals surface area contributed by atoms with Gasteiger partial charge in [-0.25, -0.2) is 4.79 Å². The van der Waals surface area contributed by atoms with Crippen LogP contribution in [0, 0.1) is 13.8 Å². The molecule has 0 aliphatic heterocycles. The highest BCUT2D eigenvalue weighted by molar-refractivity contribution is 5.83. The summed E-state index contributed by atoms with van der Waals surface area (Å²) < 4.78 is 17.4. The Morgan fingerprint density at radius 2 is 1.62 bits per heavy atom. The second kappa shape index (κ2) is 9.10. The van der Waals surface area contributed by atoms with Gasteiger partial charge in [0.2, 0.25) is 11.2 Å². The number of carbonyl (C=O) groups is 1. The van der Waals surface area contributed by atoms with Gasteiger partial charge in [0.1, 0.15) is 12.2 Å². The molecule has 1 heterocycles. The maximum atomic E-state index is 13.3. The second-order valence-corrected chi connectivity index (χ2v) is 7.81. The van der Waals surface area contributed by atoms with E-state index in [2.05, 4.69) is 0 Å². The van der Waals surface area contributed by atoms with Crippen LogP contribution in [0.3, 0.4) is 0 Å². The summed E-state index contributed by atoms with van der Waals surface area (Å²) >= 11 is 0. The molecule has 0 N–H and O–H groups in total. The molecule has 0 saturated heterocycles. The smallest absolute Gasteiger partial charge is 0.347 e. The Morgan fingerprint density at radius 3 is 2.34 bits per heavy atom. The average molecular weight is 428 g/mol. The van der Waals surface area contributed by atoms with Crippen molar-refractivity contribution in [1.82, 2.24) is 0 Å². The minimum absolute atomic E-state index is 0.00522. The molecule has 32 heavy (non-hydrogen) atoms. The molecule has 4 aromatic rings. The van der Waals surface area contributed by atoms with E-state index in [0.29, 0.717) is 16.5 Å². The van der Waals surface area contributed by atoms with Gasteiger partial charge in [-0.1, -0.05) is 66.2 Å². The molecular weight excluding hydrogens is 404 g/mol. The van der Waals surface area contributed by atoms with Gasteiger partial charge >= 0.3 is 5.97 Å². The van der Waals surface area contributed by atoms with Crippen LogP contribution in [0.2, 0.25) is 0 Å². The fraction of sp³-hybridized carbons (Fsp3) is 0.185. The van der Waals surface area contributed by atoms with E-state index in [0.717, 1.165) is 16.7 Å². The zero-order valence-electron chi connectivity index (χ0n) is 18.3. The third-order valence-corrected chi connectivity index (χ3v) is 5.17. The normalized spacial score (nSPS) is 11.8. The molecule has 0 amide bonds. The molecule has 4 rings (SSSR count). The number of carbonyl (C=O) groups excluding carboxylic acids is 1. The van der Waals surface area contributed by atoms with Gasteiger partial charge in [-0.2, -0.15) is 0 Å². The minimum atomic E-state index is -0.992. The first kappa shape index (κ1) is 21.4. The van der Waals surface area contributed by atoms with Crippen LogP contribution < -0.4 is 10.2 Å². The molecule has 1 atom stereocenters. The number of aryl methyl sites for hydroxylation is 2. The van der Waals surface area contributed by atoms with Crippen LogP contribution in [0.1, 0.15) is 23.6 Å². The van der Waals surface area contributed by atoms with Crippen molar-refractivity contribution in [3.8, 4) is 17.1 Å². The maximum Gasteiger partial charge on any atom is 0.347 e. The number of ether oxygens (including phenoxy) is 2. The highest BCUT2D eigenvalue weighted by Crippen LogP contribution is 2.32. The number of benzene rings is 3. The molecule has 162 valence electrons. The Labute approximate surface area is 186 Å². The van der Waals surface area contributed by atoms with Gasteiger partial charge in [0, 0.05) is 5.56 Å². The molecule has 5 nitrogen and oxygen atoms in total. The van der Waals surface area contributed by atoms with E-state index in [1.54, 1.807) is 13.0 Å². The van der Waals surface area contributed by atoms with E-state index >= 15 is 0 Å². The van der Waals surface area contributed by atoms with E-state index in [9.17, 15) is 9.59 Å². The van der Waals surface area contributed by atoms with Crippen LogP contribution in [0.25, 0.3) is 22.3 Å². The van der Waals surface area contributed by atoms with Crippen molar-refractivity contribution < 1.29 is 18.7 Å². The Bertz CT molecular complexity index is 1300. The first-order chi connectivity index (χ1) is 15.4. The van der Waals surface area contributed by atoms with Crippen LogP contribution in [0.4, 0.5) is 0 Å². The number of rotatable bonds is 6. The Morgan fingerprint density at radius 1 is 0.938 bits per heavy atom. The van der Waals surface area contributed by atoms with E-state index in [-0.39, 0.29) is 23.5 Å². The van der Waals surface area contributed by atoms with Crippen molar-refractivity contribution >= 4 is 16.9 Å². The van der Waals surface area contributed by atoms with Gasteiger partial charge < -0.3 is 13.9 Å². The van der Waals surface area contributed by atoms with Gasteiger partial charge in [0.15, 0.2) is 11.9 Å². The lowest BCUT2D eigenvalue weighted by Crippen LogP contribution is -2.28. The van der Waals surface area contributed by atoms with Crippen molar-refractivity contribution in [3.05, 3.63) is 99.7 Å². The van der Waals surface area contributed by atoms with Gasteiger partial charge in [-0.3, -0.25) is 4.79 Å². The zero-order chi connectivity index (χ0) is 22.7. The number of hydrogen-bond donors (Lipinski definition) is 0. The molecule has 0 spiro atoms. The third-order valence-electron chi connectivity index (χ3n) is 5.17. The Kier molecular flexibility index (Phi) is 6.08. The standard InChI is InChI=1S/C27H24O5/c1-17-9-12-21(13-10-17)25-26(24(28)22-14-11-18(2)15-23(22)32-25)31-19(3)27(29)30-16-20-7-5-4-6-8-20/h4-15,19H,16H2,1-3H3. The van der Waals surface area contributed by atoms with Gasteiger partial charge in [0.25, 0.3) is 0 Å². The van der Waals surface area contributed by atoms with Gasteiger partial charge in [0.05, 0.1) is 5.39 Å². The summed E-state index contributed by atoms with van der Waals surface area (Å²) in [5, 5.41) is 0.395. The fourth-order valence-electron chi connectivity index (χ4n) is 3.36. The molecule has 0 aliphatic rings. The first-order valence-electron chi connectivity index (χ1n) is 10.4. The van der Waals surface area contributed by atoms with Crippen molar-refractivity contribution in [2.24, 2.45) is 0 Å². The summed E-state index contributed by atoms with van der Waals surface area (Å²) in [7, 11) is 0. The predicted octanol–water partition coefficient (Wildman–Crippen LogP) is 5.59. The molecule has 3 aromatic carbocycles. The fourth-order valence-corrected chi connectivity index (χ4v) is 3.36. The summed E-state index contributed by atoms with van der Waals surface area (Å²) in [5.41, 5.74) is 3.75. The first-order valence-corrected chi connectivity index (χ1v) is 10.4. The zero-order valence-corrected chi connectivity index (χ0v) is 18.3. The van der Waals surface area contributed by atoms with E-state index in [4.69, 9.17) is 13.9 Å². The van der Waals surface area contributed by atoms with E-state index in [1.807, 2.05) is 80.6 Å². The second-order valence-electron chi connectivity index (χ2n) is 7.81. The Hall–Kier alpha value is -3.86. The maximum absolute atomic E-state index is 13.3. The minimum Gasteiger partial charge on any atom is -0.471 e. The van der Waals surface area contributed by atoms with Crippen molar-refractivity contribution in [1.29, 1.82) is 0 Å². The summed E-state index contributed by atoms with van der Waals surface area (Å²) in [6.07, 6.45) is -0.992. The molecule has 0 bridgehead atoms. The highest BCUT2D eigenvalue weighted by atomic mass is 16.6. The van der Waals surface area contributed by atoms with Crippen molar-refractivity contribution in [3.63, 3.8) is 0 Å². The topological polar surface area (TPSA) is 65.7 Å². The summed E-state index contributed by atoms with van der Waals surface area (Å²) in [4.78, 5) is 25.9.